The van der Waals surface area contributed by atoms with Crippen LogP contribution in [0.1, 0.15) is 11.8 Å². The first-order valence-electron chi connectivity index (χ1n) is 6.39. The number of rotatable bonds is 9. The van der Waals surface area contributed by atoms with Crippen molar-refractivity contribution in [3.63, 3.8) is 0 Å². The molecule has 1 heterocycles. The van der Waals surface area contributed by atoms with Crippen LogP contribution in [0, 0.1) is 11.3 Å². The predicted molar refractivity (Wildman–Crippen MR) is 90.3 cm³/mol. The van der Waals surface area contributed by atoms with Crippen LogP contribution in [0.4, 0.5) is 0 Å². The van der Waals surface area contributed by atoms with E-state index in [1.165, 1.54) is 23.1 Å². The van der Waals surface area contributed by atoms with E-state index in [2.05, 4.69) is 26.2 Å². The Labute approximate surface area is 146 Å². The van der Waals surface area contributed by atoms with Gasteiger partial charge in [-0.3, -0.25) is 0 Å². The Morgan fingerprint density at radius 2 is 2.36 bits per heavy atom. The highest BCUT2D eigenvalue weighted by Crippen LogP contribution is 2.20. The zero-order valence-corrected chi connectivity index (χ0v) is 15.4. The topological polar surface area (TPSA) is 84.2 Å². The van der Waals surface area contributed by atoms with Gasteiger partial charge in [0.15, 0.2) is 9.49 Å². The normalized spacial score (nSPS) is 11.5. The highest BCUT2D eigenvalue weighted by molar-refractivity contribution is 9.11. The summed E-state index contributed by atoms with van der Waals surface area (Å²) in [4.78, 5) is 17.0. The number of ether oxygens (including phenoxy) is 2. The van der Waals surface area contributed by atoms with E-state index in [1.54, 1.807) is 12.5 Å². The minimum atomic E-state index is -0.649. The van der Waals surface area contributed by atoms with Crippen molar-refractivity contribution < 1.29 is 14.3 Å². The van der Waals surface area contributed by atoms with Crippen LogP contribution in [0.2, 0.25) is 0 Å². The third kappa shape index (κ3) is 6.36. The number of esters is 1. The van der Waals surface area contributed by atoms with Crippen LogP contribution in [-0.4, -0.2) is 37.0 Å². The van der Waals surface area contributed by atoms with E-state index in [0.717, 1.165) is 8.79 Å². The number of hydrogen-bond acceptors (Lipinski definition) is 8. The van der Waals surface area contributed by atoms with Crippen LogP contribution in [0.5, 0.6) is 0 Å². The maximum absolute atomic E-state index is 11.9. The van der Waals surface area contributed by atoms with Gasteiger partial charge in [-0.15, -0.1) is 23.1 Å². The first-order valence-corrected chi connectivity index (χ1v) is 9.23. The minimum absolute atomic E-state index is 0.0346. The van der Waals surface area contributed by atoms with Gasteiger partial charge in [-0.2, -0.15) is 5.26 Å². The summed E-state index contributed by atoms with van der Waals surface area (Å²) in [5.41, 5.74) is -0.0346. The Morgan fingerprint density at radius 3 is 2.91 bits per heavy atom. The molecular formula is C13H16BrN3O3S2. The van der Waals surface area contributed by atoms with Crippen LogP contribution < -0.4 is 5.32 Å². The van der Waals surface area contributed by atoms with Gasteiger partial charge in [-0.05, 0) is 29.1 Å². The standard InChI is InChI=1S/C13H16BrN3O3S2/c1-3-19-4-5-20-12(18)10(6-15)11(21-2)16-7-9-8-17-13(14)22-9/h8,16H,3-5,7H2,1-2H3/b11-10+. The number of thioether (sulfide) groups is 1. The van der Waals surface area contributed by atoms with E-state index in [1.807, 2.05) is 13.0 Å². The molecule has 1 aromatic heterocycles. The zero-order valence-electron chi connectivity index (χ0n) is 12.2. The number of nitriles is 1. The molecular weight excluding hydrogens is 390 g/mol. The maximum Gasteiger partial charge on any atom is 0.351 e. The van der Waals surface area contributed by atoms with Gasteiger partial charge in [0.1, 0.15) is 12.7 Å². The molecule has 0 atom stereocenters. The number of carbonyl (C=O) groups is 1. The third-order valence-corrected chi connectivity index (χ3v) is 4.59. The summed E-state index contributed by atoms with van der Waals surface area (Å²) in [5.74, 6) is -0.649. The van der Waals surface area contributed by atoms with Crippen molar-refractivity contribution in [2.75, 3.05) is 26.1 Å². The highest BCUT2D eigenvalue weighted by Gasteiger charge is 2.17. The predicted octanol–water partition coefficient (Wildman–Crippen LogP) is 2.67. The fourth-order valence-corrected chi connectivity index (χ4v) is 3.24. The van der Waals surface area contributed by atoms with E-state index >= 15 is 0 Å². The van der Waals surface area contributed by atoms with Crippen molar-refractivity contribution >= 4 is 45.0 Å². The van der Waals surface area contributed by atoms with Gasteiger partial charge < -0.3 is 14.8 Å². The molecule has 0 aliphatic carbocycles. The summed E-state index contributed by atoms with van der Waals surface area (Å²) in [7, 11) is 0. The van der Waals surface area contributed by atoms with E-state index < -0.39 is 5.97 Å². The number of halogens is 1. The average molecular weight is 406 g/mol. The number of thiazole rings is 1. The summed E-state index contributed by atoms with van der Waals surface area (Å²) in [6, 6.07) is 1.89. The second kappa shape index (κ2) is 10.6. The number of nitrogens with zero attached hydrogens (tertiary/aromatic N) is 2. The first kappa shape index (κ1) is 19.0. The summed E-state index contributed by atoms with van der Waals surface area (Å²) < 4.78 is 10.9. The Morgan fingerprint density at radius 1 is 1.59 bits per heavy atom. The molecule has 0 saturated heterocycles. The number of carbonyl (C=O) groups excluding carboxylic acids is 1. The summed E-state index contributed by atoms with van der Waals surface area (Å²) in [6.45, 7) is 3.34. The fraction of sp³-hybridized carbons (Fsp3) is 0.462. The minimum Gasteiger partial charge on any atom is -0.459 e. The monoisotopic (exact) mass is 405 g/mol. The number of aromatic nitrogens is 1. The van der Waals surface area contributed by atoms with Crippen LogP contribution in [-0.2, 0) is 20.8 Å². The molecule has 0 spiro atoms. The molecule has 1 aromatic rings. The lowest BCUT2D eigenvalue weighted by atomic mass is 10.3. The van der Waals surface area contributed by atoms with Crippen molar-refractivity contribution in [2.24, 2.45) is 0 Å². The lowest BCUT2D eigenvalue weighted by Gasteiger charge is -2.10. The van der Waals surface area contributed by atoms with Crippen molar-refractivity contribution in [3.8, 4) is 6.07 Å². The molecule has 1 N–H and O–H groups in total. The van der Waals surface area contributed by atoms with Gasteiger partial charge in [0, 0.05) is 17.7 Å². The quantitative estimate of drug-likeness (QED) is 0.292. The largest absolute Gasteiger partial charge is 0.459 e. The van der Waals surface area contributed by atoms with Gasteiger partial charge in [0.2, 0.25) is 0 Å². The van der Waals surface area contributed by atoms with Crippen LogP contribution in [0.3, 0.4) is 0 Å². The lowest BCUT2D eigenvalue weighted by Crippen LogP contribution is -2.18. The van der Waals surface area contributed by atoms with Gasteiger partial charge >= 0.3 is 5.97 Å². The van der Waals surface area contributed by atoms with E-state index in [4.69, 9.17) is 9.47 Å². The third-order valence-electron chi connectivity index (χ3n) is 2.36. The fourth-order valence-electron chi connectivity index (χ4n) is 1.39. The van der Waals surface area contributed by atoms with Gasteiger partial charge in [0.05, 0.1) is 18.2 Å². The maximum atomic E-state index is 11.9. The number of nitrogens with one attached hydrogen (secondary N) is 1. The molecule has 0 aliphatic rings. The average Bonchev–Trinajstić information content (AvgIpc) is 2.93. The summed E-state index contributed by atoms with van der Waals surface area (Å²) in [6.07, 6.45) is 3.52. The molecule has 0 bridgehead atoms. The van der Waals surface area contributed by atoms with Crippen molar-refractivity contribution in [3.05, 3.63) is 25.6 Å². The van der Waals surface area contributed by atoms with Crippen molar-refractivity contribution in [1.82, 2.24) is 10.3 Å². The van der Waals surface area contributed by atoms with E-state index in [9.17, 15) is 10.1 Å². The molecule has 0 unspecified atom stereocenters. The molecule has 1 rings (SSSR count). The molecule has 22 heavy (non-hydrogen) atoms. The van der Waals surface area contributed by atoms with Gasteiger partial charge in [-0.1, -0.05) is 0 Å². The van der Waals surface area contributed by atoms with E-state index in [-0.39, 0.29) is 12.2 Å². The molecule has 0 radical (unpaired) electrons. The van der Waals surface area contributed by atoms with E-state index in [0.29, 0.717) is 24.8 Å². The Hall–Kier alpha value is -1.08. The van der Waals surface area contributed by atoms with Crippen LogP contribution >= 0.6 is 39.0 Å². The number of hydrogen-bond donors (Lipinski definition) is 1. The molecule has 0 saturated carbocycles. The highest BCUT2D eigenvalue weighted by atomic mass is 79.9. The molecule has 120 valence electrons. The summed E-state index contributed by atoms with van der Waals surface area (Å²) in [5, 5.41) is 12.7. The molecule has 0 amide bonds. The van der Waals surface area contributed by atoms with Crippen LogP contribution in [0.25, 0.3) is 0 Å². The Balaban J connectivity index is 2.65. The van der Waals surface area contributed by atoms with Gasteiger partial charge in [0.25, 0.3) is 0 Å². The SMILES string of the molecule is CCOCCOC(=O)/C(C#N)=C(\NCc1cnc(Br)s1)SC. The Kier molecular flexibility index (Phi) is 9.15. The molecule has 0 fully saturated rings. The molecule has 0 aromatic carbocycles. The smallest absolute Gasteiger partial charge is 0.351 e. The van der Waals surface area contributed by atoms with Gasteiger partial charge in [-0.25, -0.2) is 9.78 Å². The van der Waals surface area contributed by atoms with Crippen molar-refractivity contribution in [2.45, 2.75) is 13.5 Å². The first-order chi connectivity index (χ1) is 10.6. The van der Waals surface area contributed by atoms with Crippen LogP contribution in [0.15, 0.2) is 20.7 Å². The zero-order chi connectivity index (χ0) is 16.4. The second-order valence-corrected chi connectivity index (χ2v) is 6.99. The molecule has 9 heteroatoms. The molecule has 6 nitrogen and oxygen atoms in total. The summed E-state index contributed by atoms with van der Waals surface area (Å²) >= 11 is 6.06. The molecule has 0 aliphatic heterocycles. The lowest BCUT2D eigenvalue weighted by molar-refractivity contribution is -0.140. The Bertz CT molecular complexity index is 569. The van der Waals surface area contributed by atoms with Crippen molar-refractivity contribution in [1.29, 1.82) is 5.26 Å². The second-order valence-electron chi connectivity index (χ2n) is 3.79.